The number of hydrogen-bond donors (Lipinski definition) is 0. The number of ether oxygens (including phenoxy) is 1. The van der Waals surface area contributed by atoms with Crippen LogP contribution < -0.4 is 4.74 Å². The molecule has 6 nitrogen and oxygen atoms in total. The first-order chi connectivity index (χ1) is 15.0. The molecule has 1 aliphatic rings. The van der Waals surface area contributed by atoms with E-state index in [1.165, 1.54) is 11.1 Å². The maximum atomic E-state index is 12.7. The number of benzene rings is 2. The van der Waals surface area contributed by atoms with Gasteiger partial charge in [0.05, 0.1) is 7.11 Å². The number of aryl methyl sites for hydroxylation is 1. The summed E-state index contributed by atoms with van der Waals surface area (Å²) in [5.41, 5.74) is 3.45. The van der Waals surface area contributed by atoms with E-state index in [4.69, 9.17) is 9.26 Å². The second-order valence-electron chi connectivity index (χ2n) is 8.39. The Labute approximate surface area is 183 Å². The van der Waals surface area contributed by atoms with Crippen molar-refractivity contribution in [3.05, 3.63) is 65.5 Å². The van der Waals surface area contributed by atoms with Crippen molar-refractivity contribution in [3.63, 3.8) is 0 Å². The molecule has 0 aliphatic carbocycles. The zero-order chi connectivity index (χ0) is 21.8. The zero-order valence-corrected chi connectivity index (χ0v) is 18.4. The van der Waals surface area contributed by atoms with Gasteiger partial charge in [-0.3, -0.25) is 4.79 Å². The number of carbonyl (C=O) groups excluding carboxylic acids is 1. The lowest BCUT2D eigenvalue weighted by molar-refractivity contribution is -0.130. The number of likely N-dealkylation sites (tertiary alicyclic amines) is 1. The highest BCUT2D eigenvalue weighted by molar-refractivity contribution is 5.76. The van der Waals surface area contributed by atoms with Gasteiger partial charge in [0.25, 0.3) is 0 Å². The van der Waals surface area contributed by atoms with Gasteiger partial charge < -0.3 is 14.2 Å². The lowest BCUT2D eigenvalue weighted by atomic mass is 9.98. The van der Waals surface area contributed by atoms with Crippen molar-refractivity contribution in [1.82, 2.24) is 15.0 Å². The molecular formula is C25H29N3O3. The summed E-state index contributed by atoms with van der Waals surface area (Å²) >= 11 is 0. The Bertz CT molecular complexity index is 1010. The van der Waals surface area contributed by atoms with E-state index in [0.29, 0.717) is 36.4 Å². The second-order valence-corrected chi connectivity index (χ2v) is 8.39. The largest absolute Gasteiger partial charge is 0.497 e. The summed E-state index contributed by atoms with van der Waals surface area (Å²) in [6, 6.07) is 16.3. The molecule has 1 aromatic heterocycles. The van der Waals surface area contributed by atoms with Crippen molar-refractivity contribution < 1.29 is 14.1 Å². The summed E-state index contributed by atoms with van der Waals surface area (Å²) < 4.78 is 10.6. The average Bonchev–Trinajstić information content (AvgIpc) is 3.48. The van der Waals surface area contributed by atoms with Crippen molar-refractivity contribution in [1.29, 1.82) is 0 Å². The fourth-order valence-electron chi connectivity index (χ4n) is 4.00. The normalized spacial score (nSPS) is 16.1. The molecular weight excluding hydrogens is 390 g/mol. The van der Waals surface area contributed by atoms with Crippen LogP contribution in [0.5, 0.6) is 5.75 Å². The first-order valence-corrected chi connectivity index (χ1v) is 10.9. The smallest absolute Gasteiger partial charge is 0.227 e. The highest BCUT2D eigenvalue weighted by atomic mass is 16.5. The van der Waals surface area contributed by atoms with Crippen LogP contribution in [0.3, 0.4) is 0 Å². The number of amides is 1. The molecule has 1 amide bonds. The number of nitrogens with zero attached hydrogens (tertiary/aromatic N) is 3. The summed E-state index contributed by atoms with van der Waals surface area (Å²) in [6.45, 7) is 5.87. The summed E-state index contributed by atoms with van der Waals surface area (Å²) in [4.78, 5) is 19.1. The van der Waals surface area contributed by atoms with Gasteiger partial charge in [0.2, 0.25) is 17.6 Å². The summed E-state index contributed by atoms with van der Waals surface area (Å²) in [6.07, 6.45) is 1.82. The van der Waals surface area contributed by atoms with Crippen molar-refractivity contribution in [2.45, 2.75) is 44.9 Å². The van der Waals surface area contributed by atoms with Crippen LogP contribution >= 0.6 is 0 Å². The van der Waals surface area contributed by atoms with E-state index in [2.05, 4.69) is 48.3 Å². The Kier molecular flexibility index (Phi) is 6.35. The van der Waals surface area contributed by atoms with Gasteiger partial charge in [0.15, 0.2) is 0 Å². The van der Waals surface area contributed by atoms with Gasteiger partial charge >= 0.3 is 0 Å². The van der Waals surface area contributed by atoms with E-state index in [-0.39, 0.29) is 5.91 Å². The van der Waals surface area contributed by atoms with E-state index >= 15 is 0 Å². The van der Waals surface area contributed by atoms with Gasteiger partial charge in [-0.2, -0.15) is 4.98 Å². The molecule has 4 rings (SSSR count). The number of rotatable bonds is 7. The van der Waals surface area contributed by atoms with Gasteiger partial charge in [0.1, 0.15) is 5.75 Å². The van der Waals surface area contributed by atoms with E-state index in [0.717, 1.165) is 30.8 Å². The number of hydrogen-bond acceptors (Lipinski definition) is 5. The minimum absolute atomic E-state index is 0.136. The standard InChI is InChI=1S/C25H29N3O3/c1-17(2)18-4-6-20(7-5-18)25-26-23(31-27-25)12-13-24(29)28-15-14-21(16-28)19-8-10-22(30-3)11-9-19/h4-11,17,21H,12-16H2,1-3H3. The lowest BCUT2D eigenvalue weighted by Gasteiger charge is -2.16. The third-order valence-electron chi connectivity index (χ3n) is 5.98. The second kappa shape index (κ2) is 9.33. The van der Waals surface area contributed by atoms with Crippen molar-refractivity contribution in [2.24, 2.45) is 0 Å². The third-order valence-corrected chi connectivity index (χ3v) is 5.98. The fourth-order valence-corrected chi connectivity index (χ4v) is 4.00. The predicted molar refractivity (Wildman–Crippen MR) is 119 cm³/mol. The maximum Gasteiger partial charge on any atom is 0.227 e. The first-order valence-electron chi connectivity index (χ1n) is 10.9. The summed E-state index contributed by atoms with van der Waals surface area (Å²) in [7, 11) is 1.67. The van der Waals surface area contributed by atoms with Crippen molar-refractivity contribution in [3.8, 4) is 17.1 Å². The molecule has 1 saturated heterocycles. The monoisotopic (exact) mass is 419 g/mol. The molecule has 31 heavy (non-hydrogen) atoms. The Balaban J connectivity index is 1.30. The van der Waals surface area contributed by atoms with Crippen molar-refractivity contribution in [2.75, 3.05) is 20.2 Å². The van der Waals surface area contributed by atoms with Gasteiger partial charge in [0, 0.05) is 37.4 Å². The molecule has 1 fully saturated rings. The van der Waals surface area contributed by atoms with Crippen LogP contribution in [-0.4, -0.2) is 41.1 Å². The minimum Gasteiger partial charge on any atom is -0.497 e. The Hall–Kier alpha value is -3.15. The molecule has 1 aliphatic heterocycles. The molecule has 2 heterocycles. The van der Waals surface area contributed by atoms with Gasteiger partial charge in [-0.1, -0.05) is 55.4 Å². The van der Waals surface area contributed by atoms with E-state index in [9.17, 15) is 4.79 Å². The number of carbonyl (C=O) groups is 1. The molecule has 3 aromatic rings. The highest BCUT2D eigenvalue weighted by Crippen LogP contribution is 2.29. The lowest BCUT2D eigenvalue weighted by Crippen LogP contribution is -2.28. The molecule has 0 bridgehead atoms. The van der Waals surface area contributed by atoms with Crippen LogP contribution in [0.25, 0.3) is 11.4 Å². The van der Waals surface area contributed by atoms with Gasteiger partial charge in [-0.25, -0.2) is 0 Å². The SMILES string of the molecule is COc1ccc(C2CCN(C(=O)CCc3nc(-c4ccc(C(C)C)cc4)no3)C2)cc1. The predicted octanol–water partition coefficient (Wildman–Crippen LogP) is 4.82. The molecule has 2 aromatic carbocycles. The Morgan fingerprint density at radius 1 is 1.16 bits per heavy atom. The van der Waals surface area contributed by atoms with Gasteiger partial charge in [-0.15, -0.1) is 0 Å². The molecule has 0 spiro atoms. The van der Waals surface area contributed by atoms with Crippen LogP contribution in [0.15, 0.2) is 53.1 Å². The molecule has 6 heteroatoms. The number of aromatic nitrogens is 2. The Morgan fingerprint density at radius 3 is 2.58 bits per heavy atom. The molecule has 0 saturated carbocycles. The fraction of sp³-hybridized carbons (Fsp3) is 0.400. The van der Waals surface area contributed by atoms with Crippen molar-refractivity contribution >= 4 is 5.91 Å². The maximum absolute atomic E-state index is 12.7. The van der Waals surface area contributed by atoms with Crippen LogP contribution in [0.1, 0.15) is 55.5 Å². The minimum atomic E-state index is 0.136. The average molecular weight is 420 g/mol. The third kappa shape index (κ3) is 4.95. The van der Waals surface area contributed by atoms with E-state index in [1.54, 1.807) is 7.11 Å². The zero-order valence-electron chi connectivity index (χ0n) is 18.4. The Morgan fingerprint density at radius 2 is 1.90 bits per heavy atom. The molecule has 1 atom stereocenters. The molecule has 0 N–H and O–H groups in total. The van der Waals surface area contributed by atoms with Crippen LogP contribution in [0.2, 0.25) is 0 Å². The van der Waals surface area contributed by atoms with E-state index < -0.39 is 0 Å². The quantitative estimate of drug-likeness (QED) is 0.549. The summed E-state index contributed by atoms with van der Waals surface area (Å²) in [5, 5.41) is 4.08. The van der Waals surface area contributed by atoms with Crippen LogP contribution in [0, 0.1) is 0 Å². The topological polar surface area (TPSA) is 68.5 Å². The molecule has 162 valence electrons. The highest BCUT2D eigenvalue weighted by Gasteiger charge is 2.27. The van der Waals surface area contributed by atoms with Crippen LogP contribution in [0.4, 0.5) is 0 Å². The molecule has 1 unspecified atom stereocenters. The van der Waals surface area contributed by atoms with Crippen LogP contribution in [-0.2, 0) is 11.2 Å². The summed E-state index contributed by atoms with van der Waals surface area (Å²) in [5.74, 6) is 2.91. The van der Waals surface area contributed by atoms with E-state index in [1.807, 2.05) is 29.2 Å². The van der Waals surface area contributed by atoms with Gasteiger partial charge in [-0.05, 0) is 35.6 Å². The molecule has 0 radical (unpaired) electrons. The first kappa shape index (κ1) is 21.1. The number of methoxy groups -OCH3 is 1.